The number of pyridine rings is 1. The summed E-state index contributed by atoms with van der Waals surface area (Å²) in [6, 6.07) is 13.2. The normalized spacial score (nSPS) is 14.7. The summed E-state index contributed by atoms with van der Waals surface area (Å²) in [7, 11) is 0. The van der Waals surface area contributed by atoms with E-state index in [-0.39, 0.29) is 30.6 Å². The molecular weight excluding hydrogens is 380 g/mol. The van der Waals surface area contributed by atoms with E-state index in [0.29, 0.717) is 11.9 Å². The van der Waals surface area contributed by atoms with Crippen LogP contribution in [0.15, 0.2) is 58.3 Å². The highest BCUT2D eigenvalue weighted by Crippen LogP contribution is 2.17. The minimum atomic E-state index is -0.477. The molecule has 2 heterocycles. The molecule has 4 rings (SSSR count). The summed E-state index contributed by atoms with van der Waals surface area (Å²) >= 11 is 0. The van der Waals surface area contributed by atoms with Crippen molar-refractivity contribution in [3.8, 4) is 0 Å². The van der Waals surface area contributed by atoms with Crippen molar-refractivity contribution >= 4 is 16.9 Å². The molecule has 2 aromatic heterocycles. The van der Waals surface area contributed by atoms with E-state index in [1.165, 1.54) is 21.8 Å². The van der Waals surface area contributed by atoms with Crippen LogP contribution in [0.4, 0.5) is 0 Å². The molecule has 7 nitrogen and oxygen atoms in total. The Balaban J connectivity index is 1.65. The van der Waals surface area contributed by atoms with Crippen LogP contribution in [0.1, 0.15) is 37.7 Å². The van der Waals surface area contributed by atoms with Gasteiger partial charge < -0.3 is 5.32 Å². The molecule has 0 aliphatic heterocycles. The van der Waals surface area contributed by atoms with Gasteiger partial charge in [-0.3, -0.25) is 18.7 Å². The summed E-state index contributed by atoms with van der Waals surface area (Å²) < 4.78 is 2.56. The molecule has 7 heteroatoms. The first kappa shape index (κ1) is 20.1. The van der Waals surface area contributed by atoms with Gasteiger partial charge in [0, 0.05) is 18.8 Å². The van der Waals surface area contributed by atoms with Crippen LogP contribution in [0, 0.1) is 0 Å². The van der Waals surface area contributed by atoms with Gasteiger partial charge >= 0.3 is 5.69 Å². The summed E-state index contributed by atoms with van der Waals surface area (Å²) in [5.74, 6) is -0.206. The summed E-state index contributed by atoms with van der Waals surface area (Å²) in [6.07, 6.45) is 7.45. The average Bonchev–Trinajstić information content (AvgIpc) is 2.78. The fourth-order valence-electron chi connectivity index (χ4n) is 4.14. The third kappa shape index (κ3) is 4.35. The minimum Gasteiger partial charge on any atom is -0.352 e. The molecule has 156 valence electrons. The maximum Gasteiger partial charge on any atom is 0.332 e. The van der Waals surface area contributed by atoms with Crippen LogP contribution in [-0.4, -0.2) is 26.1 Å². The van der Waals surface area contributed by atoms with Crippen molar-refractivity contribution in [1.82, 2.24) is 19.4 Å². The fraction of sp³-hybridized carbons (Fsp3) is 0.391. The summed E-state index contributed by atoms with van der Waals surface area (Å²) in [5, 5.41) is 3.04. The number of hydrogen-bond acceptors (Lipinski definition) is 4. The minimum absolute atomic E-state index is 0.122. The second kappa shape index (κ2) is 9.07. The molecule has 0 bridgehead atoms. The smallest absolute Gasteiger partial charge is 0.332 e. The topological polar surface area (TPSA) is 86.0 Å². The Hall–Kier alpha value is -3.22. The van der Waals surface area contributed by atoms with Gasteiger partial charge in [0.15, 0.2) is 5.52 Å². The maximum atomic E-state index is 13.2. The van der Waals surface area contributed by atoms with Crippen molar-refractivity contribution in [1.29, 1.82) is 0 Å². The first-order valence-electron chi connectivity index (χ1n) is 10.5. The van der Waals surface area contributed by atoms with Crippen LogP contribution in [-0.2, 0) is 24.3 Å². The molecule has 1 amide bonds. The molecule has 1 aliphatic carbocycles. The zero-order valence-corrected chi connectivity index (χ0v) is 16.9. The molecule has 1 aromatic carbocycles. The van der Waals surface area contributed by atoms with E-state index in [9.17, 15) is 14.4 Å². The zero-order valence-electron chi connectivity index (χ0n) is 16.9. The lowest BCUT2D eigenvalue weighted by atomic mass is 9.95. The van der Waals surface area contributed by atoms with Gasteiger partial charge in [-0.05, 0) is 37.0 Å². The van der Waals surface area contributed by atoms with Gasteiger partial charge in [-0.1, -0.05) is 49.6 Å². The summed E-state index contributed by atoms with van der Waals surface area (Å²) in [6.45, 7) is 0.113. The predicted molar refractivity (Wildman–Crippen MR) is 115 cm³/mol. The fourth-order valence-corrected chi connectivity index (χ4v) is 4.14. The van der Waals surface area contributed by atoms with Crippen molar-refractivity contribution in [3.05, 3.63) is 75.1 Å². The third-order valence-corrected chi connectivity index (χ3v) is 5.73. The molecule has 1 fully saturated rings. The third-order valence-electron chi connectivity index (χ3n) is 5.73. The lowest BCUT2D eigenvalue weighted by Gasteiger charge is -2.23. The highest BCUT2D eigenvalue weighted by molar-refractivity contribution is 5.79. The molecule has 0 unspecified atom stereocenters. The Morgan fingerprint density at radius 1 is 1.00 bits per heavy atom. The second-order valence-electron chi connectivity index (χ2n) is 7.83. The van der Waals surface area contributed by atoms with Gasteiger partial charge in [-0.2, -0.15) is 0 Å². The average molecular weight is 406 g/mol. The Bertz CT molecular complexity index is 1140. The number of rotatable bonds is 6. The second-order valence-corrected chi connectivity index (χ2v) is 7.83. The van der Waals surface area contributed by atoms with Crippen molar-refractivity contribution in [2.75, 3.05) is 0 Å². The van der Waals surface area contributed by atoms with Crippen LogP contribution in [0.25, 0.3) is 11.0 Å². The Morgan fingerprint density at radius 2 is 1.77 bits per heavy atom. The van der Waals surface area contributed by atoms with Crippen LogP contribution in [0.2, 0.25) is 0 Å². The molecule has 1 N–H and O–H groups in total. The number of aromatic nitrogens is 3. The quantitative estimate of drug-likeness (QED) is 0.680. The number of benzene rings is 1. The lowest BCUT2D eigenvalue weighted by molar-refractivity contribution is -0.122. The molecule has 30 heavy (non-hydrogen) atoms. The summed E-state index contributed by atoms with van der Waals surface area (Å²) in [5.41, 5.74) is 0.732. The first-order chi connectivity index (χ1) is 14.6. The predicted octanol–water partition coefficient (Wildman–Crippen LogP) is 2.25. The van der Waals surface area contributed by atoms with Crippen LogP contribution in [0.3, 0.4) is 0 Å². The van der Waals surface area contributed by atoms with E-state index in [2.05, 4.69) is 10.3 Å². The van der Waals surface area contributed by atoms with Crippen molar-refractivity contribution in [2.45, 2.75) is 57.7 Å². The van der Waals surface area contributed by atoms with Gasteiger partial charge in [0.2, 0.25) is 5.91 Å². The standard InChI is InChI=1S/C23H26N4O3/c28-20(25-18-10-5-2-6-11-18)16-27-19-12-7-14-24-21(19)22(29)26(23(27)30)15-13-17-8-3-1-4-9-17/h1,3-4,7-9,12,14,18H,2,5-6,10-11,13,15-16H2,(H,25,28). The van der Waals surface area contributed by atoms with E-state index in [1.54, 1.807) is 12.1 Å². The van der Waals surface area contributed by atoms with E-state index in [1.807, 2.05) is 30.3 Å². The Kier molecular flexibility index (Phi) is 6.07. The van der Waals surface area contributed by atoms with Crippen LogP contribution < -0.4 is 16.6 Å². The molecule has 1 saturated carbocycles. The number of carbonyl (C=O) groups excluding carboxylic acids is 1. The number of carbonyl (C=O) groups is 1. The zero-order chi connectivity index (χ0) is 20.9. The number of nitrogens with one attached hydrogen (secondary N) is 1. The monoisotopic (exact) mass is 406 g/mol. The highest BCUT2D eigenvalue weighted by Gasteiger charge is 2.19. The molecule has 0 saturated heterocycles. The number of nitrogens with zero attached hydrogens (tertiary/aromatic N) is 3. The molecule has 0 atom stereocenters. The number of aryl methyl sites for hydroxylation is 1. The Labute approximate surface area is 174 Å². The van der Waals surface area contributed by atoms with Gasteiger partial charge in [-0.25, -0.2) is 9.78 Å². The van der Waals surface area contributed by atoms with Crippen LogP contribution in [0.5, 0.6) is 0 Å². The van der Waals surface area contributed by atoms with E-state index in [0.717, 1.165) is 31.2 Å². The largest absolute Gasteiger partial charge is 0.352 e. The van der Waals surface area contributed by atoms with E-state index < -0.39 is 11.2 Å². The van der Waals surface area contributed by atoms with Crippen LogP contribution >= 0.6 is 0 Å². The molecule has 0 radical (unpaired) electrons. The van der Waals surface area contributed by atoms with Crippen molar-refractivity contribution in [2.24, 2.45) is 0 Å². The lowest BCUT2D eigenvalue weighted by Crippen LogP contribution is -2.45. The molecule has 1 aliphatic rings. The van der Waals surface area contributed by atoms with Crippen molar-refractivity contribution in [3.63, 3.8) is 0 Å². The first-order valence-corrected chi connectivity index (χ1v) is 10.5. The molecule has 3 aromatic rings. The van der Waals surface area contributed by atoms with Gasteiger partial charge in [0.1, 0.15) is 6.54 Å². The van der Waals surface area contributed by atoms with E-state index in [4.69, 9.17) is 0 Å². The van der Waals surface area contributed by atoms with Gasteiger partial charge in [0.05, 0.1) is 5.52 Å². The molecular formula is C23H26N4O3. The number of hydrogen-bond donors (Lipinski definition) is 1. The summed E-state index contributed by atoms with van der Waals surface area (Å²) in [4.78, 5) is 43.0. The number of amides is 1. The SMILES string of the molecule is O=C(Cn1c(=O)n(CCc2ccccc2)c(=O)c2ncccc21)NC1CCCCC1. The molecule has 0 spiro atoms. The highest BCUT2D eigenvalue weighted by atomic mass is 16.2. The number of fused-ring (bicyclic) bond motifs is 1. The van der Waals surface area contributed by atoms with Gasteiger partial charge in [-0.15, -0.1) is 0 Å². The van der Waals surface area contributed by atoms with Gasteiger partial charge in [0.25, 0.3) is 5.56 Å². The Morgan fingerprint density at radius 3 is 2.53 bits per heavy atom. The van der Waals surface area contributed by atoms with Crippen molar-refractivity contribution < 1.29 is 4.79 Å². The maximum absolute atomic E-state index is 13.2. The van der Waals surface area contributed by atoms with E-state index >= 15 is 0 Å².